The molecular weight excluding hydrogens is 480 g/mol. The highest BCUT2D eigenvalue weighted by molar-refractivity contribution is 6.22. The van der Waals surface area contributed by atoms with Crippen LogP contribution in [0.5, 0.6) is 0 Å². The first-order chi connectivity index (χ1) is 26.1. The molecule has 0 amide bonds. The zero-order valence-electron chi connectivity index (χ0n) is 35.9. The molecule has 40 heavy (non-hydrogen) atoms. The molecule has 0 radical (unpaired) electrons. The summed E-state index contributed by atoms with van der Waals surface area (Å²) in [5.74, 6) is 0. The molecule has 0 fully saturated rings. The van der Waals surface area contributed by atoms with Crippen molar-refractivity contribution in [1.82, 2.24) is 0 Å². The van der Waals surface area contributed by atoms with E-state index in [1.165, 1.54) is 12.1 Å². The van der Waals surface area contributed by atoms with E-state index in [-0.39, 0.29) is 60.1 Å². The Bertz CT molecular complexity index is 2960. The fourth-order valence-corrected chi connectivity index (χ4v) is 5.36. The highest BCUT2D eigenvalue weighted by atomic mass is 14.2. The van der Waals surface area contributed by atoms with Crippen molar-refractivity contribution in [2.75, 3.05) is 0 Å². The lowest BCUT2D eigenvalue weighted by molar-refractivity contribution is 1.62. The Hall–Kier alpha value is -5.20. The van der Waals surface area contributed by atoms with Gasteiger partial charge in [0, 0.05) is 0 Å². The van der Waals surface area contributed by atoms with Gasteiger partial charge in [-0.05, 0) is 88.6 Å². The summed E-state index contributed by atoms with van der Waals surface area (Å²) in [7, 11) is 0. The van der Waals surface area contributed by atoms with Crippen LogP contribution in [0.2, 0.25) is 0 Å². The van der Waals surface area contributed by atoms with Crippen LogP contribution < -0.4 is 0 Å². The molecule has 186 valence electrons. The second-order valence-electron chi connectivity index (χ2n) is 9.36. The summed E-state index contributed by atoms with van der Waals surface area (Å²) in [6, 6.07) is 10.8. The van der Waals surface area contributed by atoms with Gasteiger partial charge in [-0.25, -0.2) is 0 Å². The number of benzene rings is 8. The van der Waals surface area contributed by atoms with Crippen LogP contribution in [0.1, 0.15) is 20.6 Å². The number of hydrogen-bond donors (Lipinski definition) is 0. The third-order valence-corrected chi connectivity index (χ3v) is 7.13. The first-order valence-corrected chi connectivity index (χ1v) is 12.6. The predicted octanol–water partition coefficient (Wildman–Crippen LogP) is 11.3. The number of hydrogen-bond acceptors (Lipinski definition) is 0. The fraction of sp³-hybridized carbons (Fsp3) is 0. The van der Waals surface area contributed by atoms with E-state index in [2.05, 4.69) is 0 Å². The number of rotatable bonds is 3. The minimum Gasteiger partial charge on any atom is -0.0616 e. The van der Waals surface area contributed by atoms with Crippen LogP contribution in [0.4, 0.5) is 0 Å². The fourth-order valence-electron chi connectivity index (χ4n) is 5.36. The molecule has 8 aromatic rings. The van der Waals surface area contributed by atoms with Gasteiger partial charge in [-0.2, -0.15) is 0 Å². The monoisotopic (exact) mass is 521 g/mol. The molecule has 0 N–H and O–H groups in total. The lowest BCUT2D eigenvalue weighted by Gasteiger charge is -2.20. The van der Waals surface area contributed by atoms with Crippen molar-refractivity contribution in [3.63, 3.8) is 0 Å². The lowest BCUT2D eigenvalue weighted by Crippen LogP contribution is -1.92. The lowest BCUT2D eigenvalue weighted by atomic mass is 9.83. The van der Waals surface area contributed by atoms with E-state index in [4.69, 9.17) is 13.7 Å². The molecular formula is C40H26. The second kappa shape index (κ2) is 9.22. The van der Waals surface area contributed by atoms with E-state index < -0.39 is 90.6 Å². The van der Waals surface area contributed by atoms with E-state index in [0.717, 1.165) is 10.8 Å². The maximum atomic E-state index is 9.33. The molecule has 0 spiro atoms. The van der Waals surface area contributed by atoms with E-state index in [9.17, 15) is 6.85 Å². The summed E-state index contributed by atoms with van der Waals surface area (Å²) in [5, 5.41) is 0.869. The molecule has 8 aromatic carbocycles. The van der Waals surface area contributed by atoms with Gasteiger partial charge in [-0.15, -0.1) is 0 Å². The Morgan fingerprint density at radius 3 is 1.68 bits per heavy atom. The smallest absolute Gasteiger partial charge is 0.0616 e. The summed E-state index contributed by atoms with van der Waals surface area (Å²) in [4.78, 5) is 0. The third kappa shape index (κ3) is 3.61. The van der Waals surface area contributed by atoms with Crippen LogP contribution in [0.15, 0.2) is 157 Å². The largest absolute Gasteiger partial charge is 0.0636 e. The first kappa shape index (κ1) is 12.3. The average Bonchev–Trinajstić information content (AvgIpc) is 3.19. The van der Waals surface area contributed by atoms with Crippen LogP contribution in [-0.4, -0.2) is 0 Å². The molecule has 0 unspecified atom stereocenters. The zero-order valence-corrected chi connectivity index (χ0v) is 20.9. The van der Waals surface area contributed by atoms with Crippen LogP contribution in [0.25, 0.3) is 76.5 Å². The third-order valence-electron chi connectivity index (χ3n) is 7.13. The summed E-state index contributed by atoms with van der Waals surface area (Å²) < 4.78 is 133. The van der Waals surface area contributed by atoms with Crippen molar-refractivity contribution in [3.8, 4) is 33.4 Å². The van der Waals surface area contributed by atoms with Crippen LogP contribution in [0.3, 0.4) is 0 Å². The summed E-state index contributed by atoms with van der Waals surface area (Å²) in [6.07, 6.45) is 0. The summed E-state index contributed by atoms with van der Waals surface area (Å²) in [6.45, 7) is 0. The quantitative estimate of drug-likeness (QED) is 0.203. The van der Waals surface area contributed by atoms with Crippen molar-refractivity contribution < 1.29 is 20.6 Å². The maximum Gasteiger partial charge on any atom is 0.0636 e. The van der Waals surface area contributed by atoms with E-state index >= 15 is 0 Å². The van der Waals surface area contributed by atoms with Crippen LogP contribution >= 0.6 is 0 Å². The molecule has 0 heterocycles. The first-order valence-electron chi connectivity index (χ1n) is 20.1. The number of fused-ring (bicyclic) bond motifs is 4. The van der Waals surface area contributed by atoms with Gasteiger partial charge >= 0.3 is 0 Å². The Balaban J connectivity index is 1.65. The zero-order chi connectivity index (χ0) is 39.5. The molecule has 0 aromatic heterocycles. The normalized spacial score (nSPS) is 16.8. The summed E-state index contributed by atoms with van der Waals surface area (Å²) in [5.41, 5.74) is 0.547. The van der Waals surface area contributed by atoms with Crippen molar-refractivity contribution in [2.24, 2.45) is 0 Å². The molecule has 0 heteroatoms. The van der Waals surface area contributed by atoms with Crippen LogP contribution in [-0.2, 0) is 0 Å². The standard InChI is InChI=1S/C40H26/c1-3-13-29-25-31(23-21-27(29)11-1)33-15-5-6-16-34(33)40-37-19-9-7-17-35(37)39(36-18-8-10-20-38(36)40)32-24-22-28-12-2-4-14-30(28)26-32/h1-26H/i1D,3D,7D,8D,9D,10D,11D,13D,17D,18D,19D,20D,21D,23D,25D. The van der Waals surface area contributed by atoms with Crippen molar-refractivity contribution in [1.29, 1.82) is 0 Å². The van der Waals surface area contributed by atoms with Gasteiger partial charge < -0.3 is 0 Å². The molecule has 0 bridgehead atoms. The molecule has 0 saturated heterocycles. The Morgan fingerprint density at radius 1 is 0.375 bits per heavy atom. The molecule has 0 atom stereocenters. The van der Waals surface area contributed by atoms with E-state index in [0.29, 0.717) is 5.56 Å². The van der Waals surface area contributed by atoms with Gasteiger partial charge in [0.25, 0.3) is 0 Å². The van der Waals surface area contributed by atoms with Gasteiger partial charge in [-0.1, -0.05) is 145 Å². The Morgan fingerprint density at radius 2 is 0.950 bits per heavy atom. The van der Waals surface area contributed by atoms with Crippen molar-refractivity contribution in [2.45, 2.75) is 0 Å². The topological polar surface area (TPSA) is 0 Å². The molecule has 8 rings (SSSR count). The van der Waals surface area contributed by atoms with Gasteiger partial charge in [0.2, 0.25) is 0 Å². The van der Waals surface area contributed by atoms with Crippen molar-refractivity contribution >= 4 is 43.1 Å². The summed E-state index contributed by atoms with van der Waals surface area (Å²) >= 11 is 0. The van der Waals surface area contributed by atoms with Gasteiger partial charge in [-0.3, -0.25) is 0 Å². The maximum absolute atomic E-state index is 9.33. The molecule has 0 saturated carbocycles. The van der Waals surface area contributed by atoms with Crippen molar-refractivity contribution in [3.05, 3.63) is 157 Å². The van der Waals surface area contributed by atoms with Gasteiger partial charge in [0.1, 0.15) is 0 Å². The SMILES string of the molecule is [2H]c1c([2H])c([2H])c2c([2H])c(-c3ccccc3-c3c4c([2H])c([2H])c([2H])c([2H])c4c(-c4ccc5ccccc5c4)c4c([2H])c([2H])c([2H])c([2H])c34)c([2H])c([2H])c2c1[2H]. The molecule has 0 aliphatic heterocycles. The highest BCUT2D eigenvalue weighted by Gasteiger charge is 2.18. The predicted molar refractivity (Wildman–Crippen MR) is 173 cm³/mol. The highest BCUT2D eigenvalue weighted by Crippen LogP contribution is 2.46. The minimum absolute atomic E-state index is 0.0189. The average molecular weight is 522 g/mol. The molecule has 0 aliphatic carbocycles. The van der Waals surface area contributed by atoms with E-state index in [1.54, 1.807) is 24.3 Å². The second-order valence-corrected chi connectivity index (χ2v) is 9.36. The minimum atomic E-state index is -0.629. The van der Waals surface area contributed by atoms with Gasteiger partial charge in [0.05, 0.1) is 20.6 Å². The van der Waals surface area contributed by atoms with Crippen LogP contribution in [0, 0.1) is 0 Å². The van der Waals surface area contributed by atoms with E-state index in [1.807, 2.05) is 30.3 Å². The molecule has 0 aliphatic rings. The molecule has 0 nitrogen and oxygen atoms in total. The Labute approximate surface area is 254 Å². The van der Waals surface area contributed by atoms with Gasteiger partial charge in [0.15, 0.2) is 0 Å². The Kier molecular flexibility index (Phi) is 2.84.